The van der Waals surface area contributed by atoms with Crippen molar-refractivity contribution in [3.8, 4) is 0 Å². The highest BCUT2D eigenvalue weighted by atomic mass is 16.6. The van der Waals surface area contributed by atoms with Gasteiger partial charge in [0.2, 0.25) is 0 Å². The molecule has 98 valence electrons. The molecule has 1 heterocycles. The third kappa shape index (κ3) is 3.19. The molecule has 0 aliphatic heterocycles. The fourth-order valence-electron chi connectivity index (χ4n) is 1.48. The summed E-state index contributed by atoms with van der Waals surface area (Å²) in [5.41, 5.74) is 1.83. The second-order valence-electron chi connectivity index (χ2n) is 4.10. The Labute approximate surface area is 110 Å². The minimum absolute atomic E-state index is 0.288. The maximum Gasteiger partial charge on any atom is 0.433 e. The van der Waals surface area contributed by atoms with Crippen LogP contribution < -0.4 is 4.90 Å². The molecule has 0 unspecified atom stereocenters. The van der Waals surface area contributed by atoms with Gasteiger partial charge >= 0.3 is 5.88 Å². The van der Waals surface area contributed by atoms with Crippen molar-refractivity contribution in [3.63, 3.8) is 0 Å². The third-order valence-electron chi connectivity index (χ3n) is 2.50. The molecule has 0 fully saturated rings. The van der Waals surface area contributed by atoms with Gasteiger partial charge in [-0.1, -0.05) is 0 Å². The summed E-state index contributed by atoms with van der Waals surface area (Å²) in [7, 11) is 3.92. The summed E-state index contributed by atoms with van der Waals surface area (Å²) in [4.78, 5) is 16.1. The molecule has 0 radical (unpaired) electrons. The molecule has 0 saturated carbocycles. The maximum atomic E-state index is 10.5. The lowest BCUT2D eigenvalue weighted by molar-refractivity contribution is -0.402. The van der Waals surface area contributed by atoms with E-state index >= 15 is 0 Å². The molecule has 0 N–H and O–H groups in total. The molecule has 0 aliphatic carbocycles. The quantitative estimate of drug-likeness (QED) is 0.480. The van der Waals surface area contributed by atoms with Gasteiger partial charge in [-0.05, 0) is 30.3 Å². The van der Waals surface area contributed by atoms with Crippen molar-refractivity contribution >= 4 is 23.5 Å². The summed E-state index contributed by atoms with van der Waals surface area (Å²) >= 11 is 0. The zero-order valence-corrected chi connectivity index (χ0v) is 10.6. The van der Waals surface area contributed by atoms with Crippen molar-refractivity contribution in [2.45, 2.75) is 0 Å². The fourth-order valence-corrected chi connectivity index (χ4v) is 1.48. The smallest absolute Gasteiger partial charge is 0.400 e. The molecule has 0 saturated heterocycles. The van der Waals surface area contributed by atoms with Crippen LogP contribution in [0.5, 0.6) is 0 Å². The number of nitro groups is 1. The van der Waals surface area contributed by atoms with Gasteiger partial charge in [0.25, 0.3) is 0 Å². The number of nitrogens with zero attached hydrogens (tertiary/aromatic N) is 3. The van der Waals surface area contributed by atoms with E-state index in [2.05, 4.69) is 4.99 Å². The van der Waals surface area contributed by atoms with E-state index in [9.17, 15) is 10.1 Å². The van der Waals surface area contributed by atoms with Crippen molar-refractivity contribution in [1.29, 1.82) is 0 Å². The van der Waals surface area contributed by atoms with E-state index < -0.39 is 4.92 Å². The van der Waals surface area contributed by atoms with E-state index in [1.807, 2.05) is 43.3 Å². The monoisotopic (exact) mass is 259 g/mol. The van der Waals surface area contributed by atoms with Gasteiger partial charge in [0, 0.05) is 19.8 Å². The van der Waals surface area contributed by atoms with Gasteiger partial charge in [-0.3, -0.25) is 15.1 Å². The molecular weight excluding hydrogens is 246 g/mol. The summed E-state index contributed by atoms with van der Waals surface area (Å²) < 4.78 is 4.97. The van der Waals surface area contributed by atoms with Crippen molar-refractivity contribution in [2.24, 2.45) is 4.99 Å². The highest BCUT2D eigenvalue weighted by Crippen LogP contribution is 2.19. The van der Waals surface area contributed by atoms with Crippen LogP contribution in [0.2, 0.25) is 0 Å². The average molecular weight is 259 g/mol. The third-order valence-corrected chi connectivity index (χ3v) is 2.50. The van der Waals surface area contributed by atoms with Crippen LogP contribution in [-0.4, -0.2) is 25.2 Å². The van der Waals surface area contributed by atoms with Crippen molar-refractivity contribution in [1.82, 2.24) is 0 Å². The molecule has 0 spiro atoms. The molecule has 2 aromatic rings. The molecule has 2 rings (SSSR count). The Hall–Kier alpha value is -2.63. The Morgan fingerprint density at radius 2 is 1.89 bits per heavy atom. The topological polar surface area (TPSA) is 71.9 Å². The largest absolute Gasteiger partial charge is 0.433 e. The second-order valence-corrected chi connectivity index (χ2v) is 4.10. The van der Waals surface area contributed by atoms with Crippen LogP contribution in [0.4, 0.5) is 17.3 Å². The van der Waals surface area contributed by atoms with Crippen LogP contribution in [0.1, 0.15) is 5.76 Å². The lowest BCUT2D eigenvalue weighted by Crippen LogP contribution is -2.07. The molecular formula is C13H13N3O3. The number of benzene rings is 1. The fraction of sp³-hybridized carbons (Fsp3) is 0.154. The SMILES string of the molecule is CN(C)c1ccc(N=Cc2ccc([N+](=O)[O-])o2)cc1. The Kier molecular flexibility index (Phi) is 3.61. The van der Waals surface area contributed by atoms with Gasteiger partial charge in [0.05, 0.1) is 18.0 Å². The van der Waals surface area contributed by atoms with E-state index in [-0.39, 0.29) is 5.88 Å². The van der Waals surface area contributed by atoms with Crippen LogP contribution in [0, 0.1) is 10.1 Å². The lowest BCUT2D eigenvalue weighted by Gasteiger charge is -2.11. The number of hydrogen-bond donors (Lipinski definition) is 0. The number of aliphatic imine (C=N–C) groups is 1. The molecule has 1 aromatic carbocycles. The predicted octanol–water partition coefficient (Wildman–Crippen LogP) is 3.00. The molecule has 0 bridgehead atoms. The summed E-state index contributed by atoms with van der Waals surface area (Å²) in [6.45, 7) is 0. The van der Waals surface area contributed by atoms with Crippen molar-refractivity contribution < 1.29 is 9.34 Å². The van der Waals surface area contributed by atoms with Crippen LogP contribution in [0.25, 0.3) is 0 Å². The first-order valence-corrected chi connectivity index (χ1v) is 5.62. The maximum absolute atomic E-state index is 10.5. The van der Waals surface area contributed by atoms with Gasteiger partial charge in [-0.25, -0.2) is 0 Å². The first-order chi connectivity index (χ1) is 9.06. The van der Waals surface area contributed by atoms with Crippen LogP contribution >= 0.6 is 0 Å². The summed E-state index contributed by atoms with van der Waals surface area (Å²) in [6.07, 6.45) is 1.46. The first-order valence-electron chi connectivity index (χ1n) is 5.62. The van der Waals surface area contributed by atoms with Crippen molar-refractivity contribution in [2.75, 3.05) is 19.0 Å². The number of hydrogen-bond acceptors (Lipinski definition) is 5. The molecule has 0 atom stereocenters. The van der Waals surface area contributed by atoms with Gasteiger partial charge < -0.3 is 9.32 Å². The van der Waals surface area contributed by atoms with Gasteiger partial charge in [-0.15, -0.1) is 0 Å². The first kappa shape index (κ1) is 12.8. The van der Waals surface area contributed by atoms with E-state index in [1.54, 1.807) is 0 Å². The van der Waals surface area contributed by atoms with Crippen LogP contribution in [-0.2, 0) is 0 Å². The van der Waals surface area contributed by atoms with Crippen molar-refractivity contribution in [3.05, 3.63) is 52.3 Å². The summed E-state index contributed by atoms with van der Waals surface area (Å²) in [6, 6.07) is 10.4. The van der Waals surface area contributed by atoms with E-state index in [0.717, 1.165) is 11.4 Å². The number of furan rings is 1. The Balaban J connectivity index is 2.11. The minimum atomic E-state index is -0.580. The highest BCUT2D eigenvalue weighted by Gasteiger charge is 2.10. The highest BCUT2D eigenvalue weighted by molar-refractivity contribution is 5.79. The van der Waals surface area contributed by atoms with Crippen LogP contribution in [0.15, 0.2) is 45.8 Å². The minimum Gasteiger partial charge on any atom is -0.400 e. The molecule has 1 aromatic heterocycles. The summed E-state index contributed by atoms with van der Waals surface area (Å²) in [5, 5.41) is 10.5. The normalized spacial score (nSPS) is 10.8. The van der Waals surface area contributed by atoms with Gasteiger partial charge in [0.1, 0.15) is 4.92 Å². The Bertz CT molecular complexity index is 600. The van der Waals surface area contributed by atoms with Gasteiger partial charge in [0.15, 0.2) is 5.76 Å². The standard InChI is InChI=1S/C13H13N3O3/c1-15(2)11-5-3-10(4-6-11)14-9-12-7-8-13(19-12)16(17)18/h3-9H,1-2H3. The number of rotatable bonds is 4. The average Bonchev–Trinajstić information content (AvgIpc) is 2.86. The zero-order chi connectivity index (χ0) is 13.8. The number of anilines is 1. The molecule has 19 heavy (non-hydrogen) atoms. The molecule has 0 amide bonds. The lowest BCUT2D eigenvalue weighted by atomic mass is 10.3. The second kappa shape index (κ2) is 5.34. The molecule has 6 heteroatoms. The van der Waals surface area contributed by atoms with Crippen LogP contribution in [0.3, 0.4) is 0 Å². The Morgan fingerprint density at radius 1 is 1.21 bits per heavy atom. The predicted molar refractivity (Wildman–Crippen MR) is 73.4 cm³/mol. The van der Waals surface area contributed by atoms with Gasteiger partial charge in [-0.2, -0.15) is 0 Å². The zero-order valence-electron chi connectivity index (χ0n) is 10.6. The summed E-state index contributed by atoms with van der Waals surface area (Å²) in [5.74, 6) is 0.0628. The molecule has 0 aliphatic rings. The Morgan fingerprint density at radius 3 is 2.42 bits per heavy atom. The van der Waals surface area contributed by atoms with E-state index in [0.29, 0.717) is 5.76 Å². The van der Waals surface area contributed by atoms with E-state index in [1.165, 1.54) is 18.3 Å². The molecule has 6 nitrogen and oxygen atoms in total. The van der Waals surface area contributed by atoms with E-state index in [4.69, 9.17) is 4.42 Å².